The van der Waals surface area contributed by atoms with Crippen molar-refractivity contribution < 1.29 is 12.6 Å². The van der Waals surface area contributed by atoms with Gasteiger partial charge in [-0.05, 0) is 90.6 Å². The molecule has 0 saturated heterocycles. The molecule has 0 fully saturated rings. The quantitative estimate of drug-likeness (QED) is 0.162. The van der Waals surface area contributed by atoms with Crippen LogP contribution in [0.1, 0.15) is 13.8 Å². The standard InChI is InChI=1S/C34H42N4O3S2/c1-27(35(3)4)25-37(29-17-9-7-10-18-29)31-21-13-15-23-33(31)42(39)43(40,41)34-24-16-14-22-32(34)38(26-28(2)36(5)6)30-19-11-8-12-20-30/h7-24,27-28H,25-26H2,1-6H3. The van der Waals surface area contributed by atoms with Gasteiger partial charge in [0.2, 0.25) is 0 Å². The Morgan fingerprint density at radius 2 is 0.977 bits per heavy atom. The van der Waals surface area contributed by atoms with Gasteiger partial charge in [-0.2, -0.15) is 0 Å². The predicted molar refractivity (Wildman–Crippen MR) is 180 cm³/mol. The van der Waals surface area contributed by atoms with Crippen molar-refractivity contribution in [3.8, 4) is 0 Å². The number of anilines is 4. The normalized spacial score (nSPS) is 14.0. The molecule has 3 atom stereocenters. The summed E-state index contributed by atoms with van der Waals surface area (Å²) in [4.78, 5) is 8.53. The maximum Gasteiger partial charge on any atom is 0.264 e. The minimum Gasteiger partial charge on any atom is -0.339 e. The monoisotopic (exact) mass is 618 g/mol. The molecule has 3 unspecified atom stereocenters. The molecule has 0 aliphatic rings. The van der Waals surface area contributed by atoms with E-state index in [-0.39, 0.29) is 21.9 Å². The van der Waals surface area contributed by atoms with E-state index in [1.165, 1.54) is 0 Å². The summed E-state index contributed by atoms with van der Waals surface area (Å²) in [5, 5.41) is 0. The Morgan fingerprint density at radius 3 is 1.47 bits per heavy atom. The highest BCUT2D eigenvalue weighted by Gasteiger charge is 2.32. The van der Waals surface area contributed by atoms with Crippen LogP contribution in [0.5, 0.6) is 0 Å². The Morgan fingerprint density at radius 1 is 0.581 bits per heavy atom. The lowest BCUT2D eigenvalue weighted by Crippen LogP contribution is -2.37. The maximum absolute atomic E-state index is 14.4. The van der Waals surface area contributed by atoms with Gasteiger partial charge in [-0.25, -0.2) is 12.6 Å². The Bertz CT molecular complexity index is 1610. The van der Waals surface area contributed by atoms with Crippen LogP contribution in [0.4, 0.5) is 22.7 Å². The summed E-state index contributed by atoms with van der Waals surface area (Å²) < 4.78 is 43.1. The van der Waals surface area contributed by atoms with E-state index in [0.29, 0.717) is 24.5 Å². The smallest absolute Gasteiger partial charge is 0.264 e. The molecule has 0 N–H and O–H groups in total. The van der Waals surface area contributed by atoms with E-state index in [9.17, 15) is 12.6 Å². The number of hydrogen-bond donors (Lipinski definition) is 0. The van der Waals surface area contributed by atoms with Crippen LogP contribution in [0.25, 0.3) is 0 Å². The lowest BCUT2D eigenvalue weighted by Gasteiger charge is -2.33. The molecule has 0 aliphatic heterocycles. The summed E-state index contributed by atoms with van der Waals surface area (Å²) in [6.45, 7) is 5.31. The van der Waals surface area contributed by atoms with Crippen molar-refractivity contribution in [1.29, 1.82) is 0 Å². The van der Waals surface area contributed by atoms with Gasteiger partial charge in [-0.1, -0.05) is 60.7 Å². The van der Waals surface area contributed by atoms with E-state index in [4.69, 9.17) is 0 Å². The van der Waals surface area contributed by atoms with Gasteiger partial charge in [0.15, 0.2) is 9.83 Å². The molecule has 7 nitrogen and oxygen atoms in total. The van der Waals surface area contributed by atoms with E-state index >= 15 is 0 Å². The maximum atomic E-state index is 14.4. The molecule has 4 aromatic rings. The van der Waals surface area contributed by atoms with Gasteiger partial charge >= 0.3 is 0 Å². The van der Waals surface area contributed by atoms with Crippen molar-refractivity contribution in [1.82, 2.24) is 9.80 Å². The van der Waals surface area contributed by atoms with Crippen LogP contribution in [0.15, 0.2) is 119 Å². The van der Waals surface area contributed by atoms with Crippen LogP contribution in [0.3, 0.4) is 0 Å². The second-order valence-electron chi connectivity index (χ2n) is 11.1. The van der Waals surface area contributed by atoms with Gasteiger partial charge < -0.3 is 19.6 Å². The first-order valence-corrected chi connectivity index (χ1v) is 17.5. The summed E-state index contributed by atoms with van der Waals surface area (Å²) >= 11 is 0. The first-order chi connectivity index (χ1) is 20.5. The Kier molecular flexibility index (Phi) is 10.8. The van der Waals surface area contributed by atoms with Crippen molar-refractivity contribution in [3.05, 3.63) is 109 Å². The molecule has 0 bridgehead atoms. The zero-order valence-electron chi connectivity index (χ0n) is 25.8. The highest BCUT2D eigenvalue weighted by atomic mass is 33.2. The molecule has 0 spiro atoms. The summed E-state index contributed by atoms with van der Waals surface area (Å²) in [5.41, 5.74) is 2.85. The fraction of sp³-hybridized carbons (Fsp3) is 0.294. The number of para-hydroxylation sites is 4. The zero-order valence-corrected chi connectivity index (χ0v) is 27.4. The van der Waals surface area contributed by atoms with E-state index in [2.05, 4.69) is 23.6 Å². The third-order valence-electron chi connectivity index (χ3n) is 7.75. The van der Waals surface area contributed by atoms with Crippen LogP contribution in [-0.4, -0.2) is 75.8 Å². The van der Waals surface area contributed by atoms with E-state index in [1.807, 2.05) is 117 Å². The van der Waals surface area contributed by atoms with Gasteiger partial charge in [0.05, 0.1) is 16.3 Å². The van der Waals surface area contributed by atoms with Gasteiger partial charge in [-0.3, -0.25) is 0 Å². The second kappa shape index (κ2) is 14.3. The highest BCUT2D eigenvalue weighted by Crippen LogP contribution is 2.38. The van der Waals surface area contributed by atoms with Gasteiger partial charge in [0.1, 0.15) is 4.90 Å². The fourth-order valence-electron chi connectivity index (χ4n) is 4.67. The van der Waals surface area contributed by atoms with Gasteiger partial charge in [-0.15, -0.1) is 0 Å². The van der Waals surface area contributed by atoms with Gasteiger partial charge in [0, 0.05) is 36.5 Å². The minimum absolute atomic E-state index is 0.0332. The SMILES string of the molecule is CC(CN(c1ccccc1)c1ccccc1S(=O)S(=O)(=O)c1ccccc1N(CC(C)N(C)C)c1ccccc1)N(C)C. The molecule has 0 aliphatic carbocycles. The number of hydrogen-bond acceptors (Lipinski definition) is 7. The molecule has 4 rings (SSSR count). The summed E-state index contributed by atoms with van der Waals surface area (Å²) in [5.74, 6) is 0. The van der Waals surface area contributed by atoms with Crippen LogP contribution in [0.2, 0.25) is 0 Å². The molecule has 0 amide bonds. The summed E-state index contributed by atoms with van der Waals surface area (Å²) in [7, 11) is 1.28. The van der Waals surface area contributed by atoms with Crippen molar-refractivity contribution >= 4 is 41.5 Å². The number of nitrogens with zero attached hydrogens (tertiary/aromatic N) is 4. The van der Waals surface area contributed by atoms with Crippen LogP contribution >= 0.6 is 0 Å². The third-order valence-corrected chi connectivity index (χ3v) is 12.0. The molecule has 0 aromatic heterocycles. The first kappa shape index (κ1) is 32.4. The third kappa shape index (κ3) is 7.54. The summed E-state index contributed by atoms with van der Waals surface area (Å²) in [6.07, 6.45) is 0. The first-order valence-electron chi connectivity index (χ1n) is 14.4. The van der Waals surface area contributed by atoms with Crippen LogP contribution in [-0.2, 0) is 18.7 Å². The molecular weight excluding hydrogens is 577 g/mol. The molecule has 228 valence electrons. The lowest BCUT2D eigenvalue weighted by atomic mass is 10.2. The average molecular weight is 619 g/mol. The molecule has 9 heteroatoms. The van der Waals surface area contributed by atoms with E-state index < -0.39 is 18.7 Å². The summed E-state index contributed by atoms with van der Waals surface area (Å²) in [6, 6.07) is 33.7. The van der Waals surface area contributed by atoms with Gasteiger partial charge in [0.25, 0.3) is 8.87 Å². The fourth-order valence-corrected chi connectivity index (χ4v) is 8.33. The highest BCUT2D eigenvalue weighted by molar-refractivity contribution is 8.64. The lowest BCUT2D eigenvalue weighted by molar-refractivity contribution is 0.319. The van der Waals surface area contributed by atoms with Crippen molar-refractivity contribution in [3.63, 3.8) is 0 Å². The molecule has 4 aromatic carbocycles. The zero-order chi connectivity index (χ0) is 31.1. The molecule has 43 heavy (non-hydrogen) atoms. The number of benzene rings is 4. The number of likely N-dealkylation sites (N-methyl/N-ethyl adjacent to an activating group) is 2. The van der Waals surface area contributed by atoms with Crippen LogP contribution < -0.4 is 9.80 Å². The van der Waals surface area contributed by atoms with Crippen molar-refractivity contribution in [2.75, 3.05) is 51.1 Å². The largest absolute Gasteiger partial charge is 0.339 e. The van der Waals surface area contributed by atoms with Crippen molar-refractivity contribution in [2.45, 2.75) is 35.7 Å². The Labute approximate surface area is 259 Å². The predicted octanol–water partition coefficient (Wildman–Crippen LogP) is 6.36. The number of rotatable bonds is 13. The average Bonchev–Trinajstić information content (AvgIpc) is 3.02. The molecule has 0 radical (unpaired) electrons. The minimum atomic E-state index is -4.33. The van der Waals surface area contributed by atoms with Crippen LogP contribution in [0, 0.1) is 0 Å². The van der Waals surface area contributed by atoms with Crippen molar-refractivity contribution in [2.24, 2.45) is 0 Å². The Hall–Kier alpha value is -3.50. The second-order valence-corrected chi connectivity index (χ2v) is 15.6. The van der Waals surface area contributed by atoms with E-state index in [1.54, 1.807) is 30.3 Å². The molecular formula is C34H42N4O3S2. The molecule has 0 saturated carbocycles. The van der Waals surface area contributed by atoms with E-state index in [0.717, 1.165) is 11.4 Å². The molecule has 0 heterocycles. The topological polar surface area (TPSA) is 64.2 Å². The Balaban J connectivity index is 1.83.